The van der Waals surface area contributed by atoms with E-state index in [-0.39, 0.29) is 12.5 Å². The van der Waals surface area contributed by atoms with Crippen LogP contribution in [0.2, 0.25) is 5.02 Å². The molecule has 1 amide bonds. The fraction of sp³-hybridized carbons (Fsp3) is 0.176. The Morgan fingerprint density at radius 2 is 2.00 bits per heavy atom. The van der Waals surface area contributed by atoms with Crippen LogP contribution in [0.25, 0.3) is 0 Å². The third-order valence-corrected chi connectivity index (χ3v) is 3.22. The molecule has 0 aromatic heterocycles. The number of amides is 1. The molecule has 0 radical (unpaired) electrons. The Labute approximate surface area is 139 Å². The number of aryl methyl sites for hydroxylation is 1. The molecule has 0 unspecified atom stereocenters. The number of rotatable bonds is 6. The molecule has 120 valence electrons. The van der Waals surface area contributed by atoms with Gasteiger partial charge in [-0.1, -0.05) is 35.0 Å². The Bertz CT molecular complexity index is 699. The molecule has 0 aliphatic carbocycles. The van der Waals surface area contributed by atoms with Crippen molar-refractivity contribution in [3.05, 3.63) is 58.6 Å². The minimum Gasteiger partial charge on any atom is -0.495 e. The Hall–Kier alpha value is -2.53. The molecule has 0 spiro atoms. The molecule has 0 aliphatic rings. The van der Waals surface area contributed by atoms with Crippen LogP contribution >= 0.6 is 11.6 Å². The van der Waals surface area contributed by atoms with Crippen molar-refractivity contribution < 1.29 is 14.4 Å². The van der Waals surface area contributed by atoms with Crippen LogP contribution in [0.15, 0.2) is 47.6 Å². The molecule has 23 heavy (non-hydrogen) atoms. The van der Waals surface area contributed by atoms with Crippen molar-refractivity contribution in [2.24, 2.45) is 5.16 Å². The van der Waals surface area contributed by atoms with E-state index in [0.29, 0.717) is 16.5 Å². The first-order valence-corrected chi connectivity index (χ1v) is 7.31. The number of benzene rings is 2. The highest BCUT2D eigenvalue weighted by molar-refractivity contribution is 6.30. The minimum atomic E-state index is -0.317. The lowest BCUT2D eigenvalue weighted by atomic mass is 10.2. The van der Waals surface area contributed by atoms with E-state index in [1.807, 2.05) is 19.1 Å². The SMILES string of the molecule is COc1ccc(C)cc1NC(=O)CO/N=C/c1ccc(Cl)cc1. The Morgan fingerprint density at radius 1 is 1.26 bits per heavy atom. The van der Waals surface area contributed by atoms with Crippen LogP contribution in [-0.4, -0.2) is 25.8 Å². The summed E-state index contributed by atoms with van der Waals surface area (Å²) in [4.78, 5) is 16.9. The highest BCUT2D eigenvalue weighted by Crippen LogP contribution is 2.24. The molecule has 2 rings (SSSR count). The number of carbonyl (C=O) groups excluding carboxylic acids is 1. The van der Waals surface area contributed by atoms with Gasteiger partial charge in [0.25, 0.3) is 5.91 Å². The summed E-state index contributed by atoms with van der Waals surface area (Å²) in [6.07, 6.45) is 1.51. The molecular formula is C17H17ClN2O3. The van der Waals surface area contributed by atoms with Crippen molar-refractivity contribution >= 4 is 29.4 Å². The number of anilines is 1. The summed E-state index contributed by atoms with van der Waals surface area (Å²) in [5.74, 6) is 0.274. The third-order valence-electron chi connectivity index (χ3n) is 2.97. The first kappa shape index (κ1) is 16.8. The fourth-order valence-corrected chi connectivity index (χ4v) is 1.97. The second-order valence-electron chi connectivity index (χ2n) is 4.81. The van der Waals surface area contributed by atoms with Gasteiger partial charge in [-0.25, -0.2) is 0 Å². The number of hydrogen-bond donors (Lipinski definition) is 1. The third kappa shape index (κ3) is 5.30. The number of nitrogens with zero attached hydrogens (tertiary/aromatic N) is 1. The molecule has 0 heterocycles. The number of ether oxygens (including phenoxy) is 1. The number of carbonyl (C=O) groups is 1. The number of hydrogen-bond acceptors (Lipinski definition) is 4. The van der Waals surface area contributed by atoms with Crippen molar-refractivity contribution in [2.75, 3.05) is 19.0 Å². The summed E-state index contributed by atoms with van der Waals surface area (Å²) in [5.41, 5.74) is 2.45. The lowest BCUT2D eigenvalue weighted by Gasteiger charge is -2.10. The highest BCUT2D eigenvalue weighted by atomic mass is 35.5. The Balaban J connectivity index is 1.86. The summed E-state index contributed by atoms with van der Waals surface area (Å²) < 4.78 is 5.20. The van der Waals surface area contributed by atoms with Gasteiger partial charge in [0.15, 0.2) is 6.61 Å². The standard InChI is InChI=1S/C17H17ClN2O3/c1-12-3-8-16(22-2)15(9-12)20-17(21)11-23-19-10-13-4-6-14(18)7-5-13/h3-10H,11H2,1-2H3,(H,20,21)/b19-10+. The van der Waals surface area contributed by atoms with E-state index in [0.717, 1.165) is 11.1 Å². The van der Waals surface area contributed by atoms with Crippen LogP contribution in [0.1, 0.15) is 11.1 Å². The Kier molecular flexibility index (Phi) is 6.00. The number of oxime groups is 1. The predicted octanol–water partition coefficient (Wildman–Crippen LogP) is 3.65. The van der Waals surface area contributed by atoms with Gasteiger partial charge in [-0.15, -0.1) is 0 Å². The summed E-state index contributed by atoms with van der Waals surface area (Å²) >= 11 is 5.79. The fourth-order valence-electron chi connectivity index (χ4n) is 1.85. The highest BCUT2D eigenvalue weighted by Gasteiger charge is 2.08. The number of methoxy groups -OCH3 is 1. The minimum absolute atomic E-state index is 0.193. The van der Waals surface area contributed by atoms with Crippen LogP contribution in [0.5, 0.6) is 5.75 Å². The Morgan fingerprint density at radius 3 is 2.70 bits per heavy atom. The molecule has 6 heteroatoms. The van der Waals surface area contributed by atoms with Crippen molar-refractivity contribution in [2.45, 2.75) is 6.92 Å². The maximum absolute atomic E-state index is 11.9. The van der Waals surface area contributed by atoms with E-state index in [9.17, 15) is 4.79 Å². The van der Waals surface area contributed by atoms with Crippen molar-refractivity contribution in [1.82, 2.24) is 0 Å². The van der Waals surface area contributed by atoms with Crippen LogP contribution in [0, 0.1) is 6.92 Å². The van der Waals surface area contributed by atoms with Gasteiger partial charge in [0.05, 0.1) is 19.0 Å². The molecule has 5 nitrogen and oxygen atoms in total. The lowest BCUT2D eigenvalue weighted by Crippen LogP contribution is -2.17. The molecular weight excluding hydrogens is 316 g/mol. The number of halogens is 1. The lowest BCUT2D eigenvalue weighted by molar-refractivity contribution is -0.120. The second-order valence-corrected chi connectivity index (χ2v) is 5.25. The van der Waals surface area contributed by atoms with E-state index in [4.69, 9.17) is 21.2 Å². The maximum atomic E-state index is 11.9. The van der Waals surface area contributed by atoms with Gasteiger partial charge >= 0.3 is 0 Å². The van der Waals surface area contributed by atoms with Crippen molar-refractivity contribution in [1.29, 1.82) is 0 Å². The van der Waals surface area contributed by atoms with Gasteiger partial charge in [0.1, 0.15) is 5.75 Å². The van der Waals surface area contributed by atoms with Crippen molar-refractivity contribution in [3.8, 4) is 5.75 Å². The van der Waals surface area contributed by atoms with E-state index >= 15 is 0 Å². The zero-order chi connectivity index (χ0) is 16.7. The summed E-state index contributed by atoms with van der Waals surface area (Å²) in [7, 11) is 1.55. The van der Waals surface area contributed by atoms with E-state index < -0.39 is 0 Å². The molecule has 0 saturated carbocycles. The van der Waals surface area contributed by atoms with E-state index in [2.05, 4.69) is 10.5 Å². The predicted molar refractivity (Wildman–Crippen MR) is 91.4 cm³/mol. The molecule has 0 atom stereocenters. The largest absolute Gasteiger partial charge is 0.495 e. The van der Waals surface area contributed by atoms with E-state index in [1.54, 1.807) is 37.4 Å². The van der Waals surface area contributed by atoms with Gasteiger partial charge in [-0.2, -0.15) is 0 Å². The molecule has 2 aromatic carbocycles. The monoisotopic (exact) mass is 332 g/mol. The first-order chi connectivity index (χ1) is 11.1. The van der Waals surface area contributed by atoms with Crippen LogP contribution < -0.4 is 10.1 Å². The van der Waals surface area contributed by atoms with Crippen molar-refractivity contribution in [3.63, 3.8) is 0 Å². The molecule has 2 aromatic rings. The van der Waals surface area contributed by atoms with Gasteiger partial charge < -0.3 is 14.9 Å². The summed E-state index contributed by atoms with van der Waals surface area (Å²) in [6, 6.07) is 12.6. The normalized spacial score (nSPS) is 10.6. The molecule has 0 bridgehead atoms. The average Bonchev–Trinajstić information content (AvgIpc) is 2.53. The molecule has 0 aliphatic heterocycles. The average molecular weight is 333 g/mol. The zero-order valence-corrected chi connectivity index (χ0v) is 13.6. The van der Waals surface area contributed by atoms with E-state index in [1.165, 1.54) is 6.21 Å². The molecule has 0 saturated heterocycles. The quantitative estimate of drug-likeness (QED) is 0.649. The van der Waals surface area contributed by atoms with Crippen LogP contribution in [-0.2, 0) is 9.63 Å². The summed E-state index contributed by atoms with van der Waals surface area (Å²) in [5, 5.41) is 7.13. The maximum Gasteiger partial charge on any atom is 0.265 e. The number of nitrogens with one attached hydrogen (secondary N) is 1. The topological polar surface area (TPSA) is 59.9 Å². The second kappa shape index (κ2) is 8.19. The van der Waals surface area contributed by atoms with Gasteiger partial charge in [0.2, 0.25) is 0 Å². The molecule has 1 N–H and O–H groups in total. The van der Waals surface area contributed by atoms with Crippen LogP contribution in [0.4, 0.5) is 5.69 Å². The van der Waals surface area contributed by atoms with Crippen LogP contribution in [0.3, 0.4) is 0 Å². The van der Waals surface area contributed by atoms with Gasteiger partial charge in [-0.3, -0.25) is 4.79 Å². The first-order valence-electron chi connectivity index (χ1n) is 6.94. The summed E-state index contributed by atoms with van der Waals surface area (Å²) in [6.45, 7) is 1.74. The smallest absolute Gasteiger partial charge is 0.265 e. The van der Waals surface area contributed by atoms with Gasteiger partial charge in [-0.05, 0) is 42.3 Å². The zero-order valence-electron chi connectivity index (χ0n) is 12.9. The van der Waals surface area contributed by atoms with Gasteiger partial charge in [0, 0.05) is 5.02 Å². The molecule has 0 fully saturated rings.